The smallest absolute Gasteiger partial charge is 0.263 e. The fraction of sp³-hybridized carbons (Fsp3) is 0.200. The summed E-state index contributed by atoms with van der Waals surface area (Å²) in [6.07, 6.45) is 0. The third kappa shape index (κ3) is 4.16. The van der Waals surface area contributed by atoms with Gasteiger partial charge in [-0.05, 0) is 36.8 Å². The molecule has 0 saturated heterocycles. The van der Waals surface area contributed by atoms with Crippen molar-refractivity contribution in [1.29, 1.82) is 0 Å². The molecule has 1 aliphatic rings. The molecule has 0 bridgehead atoms. The molecular formula is C20H17Cl2N3O4S. The first-order valence-corrected chi connectivity index (χ1v) is 11.6. The summed E-state index contributed by atoms with van der Waals surface area (Å²) >= 11 is 11.9. The summed E-state index contributed by atoms with van der Waals surface area (Å²) in [5.74, 6) is -0.148. The van der Waals surface area contributed by atoms with Crippen molar-refractivity contribution in [2.75, 3.05) is 11.9 Å². The number of aromatic nitrogens is 2. The molecular weight excluding hydrogens is 449 g/mol. The molecule has 2 aromatic carbocycles. The van der Waals surface area contributed by atoms with Crippen LogP contribution in [-0.4, -0.2) is 30.7 Å². The van der Waals surface area contributed by atoms with Crippen molar-refractivity contribution in [1.82, 2.24) is 9.78 Å². The van der Waals surface area contributed by atoms with Crippen molar-refractivity contribution in [2.45, 2.75) is 18.4 Å². The number of aryl methyl sites for hydroxylation is 1. The SMILES string of the molecule is Cc1ccccc1-n1nc2c(c1NC(=O)COc1ccc(Cl)cc1Cl)CS(=O)(=O)C2. The minimum atomic E-state index is -3.28. The van der Waals surface area contributed by atoms with E-state index in [1.165, 1.54) is 6.07 Å². The number of halogens is 2. The molecule has 0 unspecified atom stereocenters. The number of sulfone groups is 1. The predicted molar refractivity (Wildman–Crippen MR) is 115 cm³/mol. The van der Waals surface area contributed by atoms with Gasteiger partial charge in [0.15, 0.2) is 16.4 Å². The van der Waals surface area contributed by atoms with E-state index in [-0.39, 0.29) is 23.1 Å². The summed E-state index contributed by atoms with van der Waals surface area (Å²) in [5, 5.41) is 7.96. The maximum atomic E-state index is 12.6. The average Bonchev–Trinajstić information content (AvgIpc) is 3.14. The molecule has 0 fully saturated rings. The standard InChI is InChI=1S/C20H17Cl2N3O4S/c1-12-4-2-3-5-17(12)25-20(14-10-30(27,28)11-16(14)24-25)23-19(26)9-29-18-7-6-13(21)8-15(18)22/h2-8H,9-11H2,1H3,(H,23,26). The quantitative estimate of drug-likeness (QED) is 0.616. The number of para-hydroxylation sites is 1. The molecule has 0 aliphatic carbocycles. The lowest BCUT2D eigenvalue weighted by Gasteiger charge is -2.13. The molecule has 3 aromatic rings. The second-order valence-corrected chi connectivity index (χ2v) is 9.82. The number of nitrogens with zero attached hydrogens (tertiary/aromatic N) is 2. The first-order chi connectivity index (χ1) is 14.2. The number of carbonyl (C=O) groups excluding carboxylic acids is 1. The zero-order chi connectivity index (χ0) is 21.5. The van der Waals surface area contributed by atoms with Crippen molar-refractivity contribution in [3.8, 4) is 11.4 Å². The summed E-state index contributed by atoms with van der Waals surface area (Å²) in [5.41, 5.74) is 2.62. The first kappa shape index (κ1) is 20.7. The highest BCUT2D eigenvalue weighted by Crippen LogP contribution is 2.33. The van der Waals surface area contributed by atoms with Gasteiger partial charge in [-0.3, -0.25) is 4.79 Å². The number of carbonyl (C=O) groups is 1. The number of ether oxygens (including phenoxy) is 1. The second-order valence-electron chi connectivity index (χ2n) is 6.92. The van der Waals surface area contributed by atoms with E-state index in [0.29, 0.717) is 27.8 Å². The molecule has 0 spiro atoms. The zero-order valence-electron chi connectivity index (χ0n) is 15.9. The number of hydrogen-bond acceptors (Lipinski definition) is 5. The number of nitrogens with one attached hydrogen (secondary N) is 1. The number of hydrogen-bond donors (Lipinski definition) is 1. The lowest BCUT2D eigenvalue weighted by Crippen LogP contribution is -2.23. The van der Waals surface area contributed by atoms with E-state index in [1.54, 1.807) is 16.8 Å². The van der Waals surface area contributed by atoms with E-state index >= 15 is 0 Å². The highest BCUT2D eigenvalue weighted by molar-refractivity contribution is 7.90. The first-order valence-electron chi connectivity index (χ1n) is 8.98. The van der Waals surface area contributed by atoms with Crippen LogP contribution in [0.15, 0.2) is 42.5 Å². The van der Waals surface area contributed by atoms with Gasteiger partial charge in [0.05, 0.1) is 27.9 Å². The minimum Gasteiger partial charge on any atom is -0.482 e. The Morgan fingerprint density at radius 2 is 1.97 bits per heavy atom. The molecule has 1 aliphatic heterocycles. The lowest BCUT2D eigenvalue weighted by atomic mass is 10.2. The van der Waals surface area contributed by atoms with Gasteiger partial charge >= 0.3 is 0 Å². The molecule has 30 heavy (non-hydrogen) atoms. The van der Waals surface area contributed by atoms with Crippen LogP contribution in [0.1, 0.15) is 16.8 Å². The molecule has 0 radical (unpaired) electrons. The van der Waals surface area contributed by atoms with Crippen LogP contribution in [0.25, 0.3) is 5.69 Å². The van der Waals surface area contributed by atoms with Gasteiger partial charge in [0.1, 0.15) is 11.6 Å². The van der Waals surface area contributed by atoms with Gasteiger partial charge in [-0.2, -0.15) is 5.10 Å². The normalized spacial score (nSPS) is 14.4. The van der Waals surface area contributed by atoms with Gasteiger partial charge in [-0.1, -0.05) is 41.4 Å². The van der Waals surface area contributed by atoms with Crippen LogP contribution in [0.3, 0.4) is 0 Å². The summed E-state index contributed by atoms with van der Waals surface area (Å²) in [4.78, 5) is 12.6. The largest absolute Gasteiger partial charge is 0.482 e. The van der Waals surface area contributed by atoms with E-state index in [0.717, 1.165) is 11.3 Å². The van der Waals surface area contributed by atoms with E-state index in [2.05, 4.69) is 10.4 Å². The van der Waals surface area contributed by atoms with Gasteiger partial charge in [-0.15, -0.1) is 0 Å². The summed E-state index contributed by atoms with van der Waals surface area (Å²) in [6, 6.07) is 12.2. The molecule has 1 aromatic heterocycles. The lowest BCUT2D eigenvalue weighted by molar-refractivity contribution is -0.118. The molecule has 2 heterocycles. The second kappa shape index (κ2) is 7.94. The Kier molecular flexibility index (Phi) is 5.48. The van der Waals surface area contributed by atoms with Crippen LogP contribution in [0, 0.1) is 6.92 Å². The number of anilines is 1. The van der Waals surface area contributed by atoms with Crippen molar-refractivity contribution < 1.29 is 17.9 Å². The molecule has 1 amide bonds. The van der Waals surface area contributed by atoms with Crippen LogP contribution in [0.4, 0.5) is 5.82 Å². The topological polar surface area (TPSA) is 90.3 Å². The molecule has 1 N–H and O–H groups in total. The fourth-order valence-corrected chi connectivity index (χ4v) is 5.21. The van der Waals surface area contributed by atoms with Crippen molar-refractivity contribution in [2.24, 2.45) is 0 Å². The number of amides is 1. The van der Waals surface area contributed by atoms with E-state index < -0.39 is 15.7 Å². The Morgan fingerprint density at radius 1 is 1.20 bits per heavy atom. The summed E-state index contributed by atoms with van der Waals surface area (Å²) in [6.45, 7) is 1.60. The number of fused-ring (bicyclic) bond motifs is 1. The summed E-state index contributed by atoms with van der Waals surface area (Å²) in [7, 11) is -3.28. The minimum absolute atomic E-state index is 0.152. The molecule has 0 atom stereocenters. The third-order valence-electron chi connectivity index (χ3n) is 4.64. The van der Waals surface area contributed by atoms with Crippen molar-refractivity contribution in [3.05, 3.63) is 69.3 Å². The average molecular weight is 466 g/mol. The van der Waals surface area contributed by atoms with Crippen LogP contribution in [0.2, 0.25) is 10.0 Å². The Balaban J connectivity index is 1.61. The van der Waals surface area contributed by atoms with Crippen molar-refractivity contribution in [3.63, 3.8) is 0 Å². The van der Waals surface area contributed by atoms with Gasteiger partial charge in [-0.25, -0.2) is 13.1 Å². The summed E-state index contributed by atoms with van der Waals surface area (Å²) < 4.78 is 31.2. The van der Waals surface area contributed by atoms with Crippen molar-refractivity contribution >= 4 is 44.8 Å². The van der Waals surface area contributed by atoms with Gasteiger partial charge in [0.2, 0.25) is 0 Å². The van der Waals surface area contributed by atoms with Crippen LogP contribution in [0.5, 0.6) is 5.75 Å². The Hall–Kier alpha value is -2.55. The number of rotatable bonds is 5. The highest BCUT2D eigenvalue weighted by atomic mass is 35.5. The van der Waals surface area contributed by atoms with Crippen LogP contribution in [-0.2, 0) is 26.1 Å². The Bertz CT molecular complexity index is 1250. The molecule has 10 heteroatoms. The zero-order valence-corrected chi connectivity index (χ0v) is 18.2. The highest BCUT2D eigenvalue weighted by Gasteiger charge is 2.33. The predicted octanol–water partition coefficient (Wildman–Crippen LogP) is 3.93. The molecule has 7 nitrogen and oxygen atoms in total. The van der Waals surface area contributed by atoms with E-state index in [4.69, 9.17) is 27.9 Å². The monoisotopic (exact) mass is 465 g/mol. The van der Waals surface area contributed by atoms with Gasteiger partial charge in [0, 0.05) is 10.6 Å². The molecule has 0 saturated carbocycles. The van der Waals surface area contributed by atoms with Gasteiger partial charge < -0.3 is 10.1 Å². The number of benzene rings is 2. The van der Waals surface area contributed by atoms with E-state index in [1.807, 2.05) is 31.2 Å². The van der Waals surface area contributed by atoms with E-state index in [9.17, 15) is 13.2 Å². The maximum Gasteiger partial charge on any atom is 0.263 e. The fourth-order valence-electron chi connectivity index (χ4n) is 3.25. The Labute approximate surface area is 183 Å². The Morgan fingerprint density at radius 3 is 2.70 bits per heavy atom. The van der Waals surface area contributed by atoms with Crippen LogP contribution >= 0.6 is 23.2 Å². The molecule has 156 valence electrons. The van der Waals surface area contributed by atoms with Crippen LogP contribution < -0.4 is 10.1 Å². The third-order valence-corrected chi connectivity index (χ3v) is 6.61. The van der Waals surface area contributed by atoms with Gasteiger partial charge in [0.25, 0.3) is 5.91 Å². The maximum absolute atomic E-state index is 12.6. The molecule has 4 rings (SSSR count).